The largest absolute Gasteiger partial charge is 0.477 e. The molecule has 1 heterocycles. The van der Waals surface area contributed by atoms with Gasteiger partial charge in [0.25, 0.3) is 0 Å². The molecular formula is C15H23FN4O2. The maximum Gasteiger partial charge on any atom is 0.341 e. The van der Waals surface area contributed by atoms with E-state index >= 15 is 0 Å². The number of aromatic nitrogens is 2. The van der Waals surface area contributed by atoms with E-state index in [0.29, 0.717) is 12.2 Å². The third kappa shape index (κ3) is 4.54. The highest BCUT2D eigenvalue weighted by atomic mass is 19.1. The summed E-state index contributed by atoms with van der Waals surface area (Å²) in [6, 6.07) is 0.235. The Bertz CT molecular complexity index is 506. The number of nitrogens with zero attached hydrogens (tertiary/aromatic N) is 2. The van der Waals surface area contributed by atoms with Crippen LogP contribution in [-0.2, 0) is 0 Å². The fourth-order valence-corrected chi connectivity index (χ4v) is 2.52. The summed E-state index contributed by atoms with van der Waals surface area (Å²) in [5, 5.41) is 15.3. The monoisotopic (exact) mass is 310 g/mol. The highest BCUT2D eigenvalue weighted by Gasteiger charge is 2.19. The number of aromatic carboxylic acids is 1. The Hall–Kier alpha value is -1.92. The van der Waals surface area contributed by atoms with Gasteiger partial charge in [-0.25, -0.2) is 14.2 Å². The van der Waals surface area contributed by atoms with E-state index in [1.807, 2.05) is 0 Å². The molecule has 1 unspecified atom stereocenters. The molecular weight excluding hydrogens is 287 g/mol. The van der Waals surface area contributed by atoms with E-state index in [9.17, 15) is 14.3 Å². The van der Waals surface area contributed by atoms with Gasteiger partial charge in [0.15, 0.2) is 0 Å². The molecule has 6 nitrogen and oxygen atoms in total. The zero-order valence-corrected chi connectivity index (χ0v) is 12.8. The molecule has 0 amide bonds. The van der Waals surface area contributed by atoms with Crippen molar-refractivity contribution < 1.29 is 14.3 Å². The van der Waals surface area contributed by atoms with Crippen LogP contribution in [0.1, 0.15) is 55.8 Å². The van der Waals surface area contributed by atoms with Crippen LogP contribution >= 0.6 is 0 Å². The van der Waals surface area contributed by atoms with E-state index in [4.69, 9.17) is 0 Å². The molecule has 0 bridgehead atoms. The predicted octanol–water partition coefficient (Wildman–Crippen LogP) is 3.08. The molecule has 1 aromatic rings. The molecule has 1 saturated carbocycles. The normalized spacial score (nSPS) is 17.0. The van der Waals surface area contributed by atoms with Gasteiger partial charge in [-0.3, -0.25) is 0 Å². The molecule has 1 aromatic heterocycles. The van der Waals surface area contributed by atoms with Crippen LogP contribution in [0.5, 0.6) is 0 Å². The lowest BCUT2D eigenvalue weighted by Gasteiger charge is -2.24. The van der Waals surface area contributed by atoms with Gasteiger partial charge in [-0.2, -0.15) is 4.98 Å². The Labute approximate surface area is 129 Å². The minimum atomic E-state index is -1.07. The first-order valence-corrected chi connectivity index (χ1v) is 7.85. The summed E-state index contributed by atoms with van der Waals surface area (Å²) in [6.45, 7) is 1.88. The average Bonchev–Trinajstić information content (AvgIpc) is 2.53. The van der Waals surface area contributed by atoms with Crippen LogP contribution < -0.4 is 10.6 Å². The molecule has 7 heteroatoms. The summed E-state index contributed by atoms with van der Waals surface area (Å²) in [7, 11) is 0. The smallest absolute Gasteiger partial charge is 0.341 e. The fourth-order valence-electron chi connectivity index (χ4n) is 2.52. The van der Waals surface area contributed by atoms with Gasteiger partial charge in [0, 0.05) is 18.8 Å². The fraction of sp³-hybridized carbons (Fsp3) is 0.667. The minimum absolute atomic E-state index is 0.0448. The zero-order chi connectivity index (χ0) is 15.9. The SMILES string of the molecule is CCC(F)CNc1ncc(C(=O)O)c(NC2CCCCC2)n1. The number of halogens is 1. The molecule has 22 heavy (non-hydrogen) atoms. The number of rotatable bonds is 7. The van der Waals surface area contributed by atoms with E-state index in [2.05, 4.69) is 20.6 Å². The Kier molecular flexibility index (Phi) is 5.91. The quantitative estimate of drug-likeness (QED) is 0.717. The molecule has 0 spiro atoms. The van der Waals surface area contributed by atoms with E-state index in [0.717, 1.165) is 25.7 Å². The molecule has 1 aliphatic rings. The van der Waals surface area contributed by atoms with Crippen LogP contribution in [0.15, 0.2) is 6.20 Å². The van der Waals surface area contributed by atoms with Crippen molar-refractivity contribution in [3.05, 3.63) is 11.8 Å². The Morgan fingerprint density at radius 1 is 1.45 bits per heavy atom. The van der Waals surface area contributed by atoms with E-state index in [1.165, 1.54) is 12.6 Å². The summed E-state index contributed by atoms with van der Waals surface area (Å²) in [4.78, 5) is 19.5. The van der Waals surface area contributed by atoms with Gasteiger partial charge < -0.3 is 15.7 Å². The number of carboxylic acids is 1. The van der Waals surface area contributed by atoms with Crippen LogP contribution in [0.4, 0.5) is 16.2 Å². The number of alkyl halides is 1. The topological polar surface area (TPSA) is 87.1 Å². The van der Waals surface area contributed by atoms with Crippen molar-refractivity contribution in [3.63, 3.8) is 0 Å². The summed E-state index contributed by atoms with van der Waals surface area (Å²) >= 11 is 0. The van der Waals surface area contributed by atoms with Crippen molar-refractivity contribution in [2.75, 3.05) is 17.2 Å². The minimum Gasteiger partial charge on any atom is -0.477 e. The first kappa shape index (κ1) is 16.5. The first-order valence-electron chi connectivity index (χ1n) is 7.85. The van der Waals surface area contributed by atoms with Crippen LogP contribution in [0.25, 0.3) is 0 Å². The first-order chi connectivity index (χ1) is 10.6. The molecule has 2 rings (SSSR count). The van der Waals surface area contributed by atoms with Crippen LogP contribution in [-0.4, -0.2) is 39.8 Å². The van der Waals surface area contributed by atoms with Crippen LogP contribution in [0, 0.1) is 0 Å². The molecule has 0 aromatic carbocycles. The number of nitrogens with one attached hydrogen (secondary N) is 2. The highest BCUT2D eigenvalue weighted by molar-refractivity contribution is 5.93. The second-order valence-corrected chi connectivity index (χ2v) is 5.63. The Morgan fingerprint density at radius 2 is 2.18 bits per heavy atom. The van der Waals surface area contributed by atoms with Crippen molar-refractivity contribution in [3.8, 4) is 0 Å². The lowest BCUT2D eigenvalue weighted by molar-refractivity contribution is 0.0697. The van der Waals surface area contributed by atoms with Crippen molar-refractivity contribution >= 4 is 17.7 Å². The zero-order valence-electron chi connectivity index (χ0n) is 12.8. The molecule has 0 saturated heterocycles. The van der Waals surface area contributed by atoms with Crippen LogP contribution in [0.3, 0.4) is 0 Å². The lowest BCUT2D eigenvalue weighted by atomic mass is 9.95. The number of hydrogen-bond donors (Lipinski definition) is 3. The molecule has 0 aliphatic heterocycles. The summed E-state index contributed by atoms with van der Waals surface area (Å²) in [5.74, 6) is -0.509. The second kappa shape index (κ2) is 7.91. The number of hydrogen-bond acceptors (Lipinski definition) is 5. The van der Waals surface area contributed by atoms with Gasteiger partial charge in [-0.15, -0.1) is 0 Å². The summed E-state index contributed by atoms with van der Waals surface area (Å²) < 4.78 is 13.3. The maximum atomic E-state index is 13.3. The predicted molar refractivity (Wildman–Crippen MR) is 83.2 cm³/mol. The molecule has 1 atom stereocenters. The molecule has 0 radical (unpaired) electrons. The Balaban J connectivity index is 2.10. The summed E-state index contributed by atoms with van der Waals surface area (Å²) in [5.41, 5.74) is 0.0448. The molecule has 3 N–H and O–H groups in total. The average molecular weight is 310 g/mol. The number of anilines is 2. The van der Waals surface area contributed by atoms with Gasteiger partial charge >= 0.3 is 5.97 Å². The third-order valence-corrected chi connectivity index (χ3v) is 3.89. The van der Waals surface area contributed by atoms with Crippen molar-refractivity contribution in [2.45, 2.75) is 57.7 Å². The standard InChI is InChI=1S/C15H23FN4O2/c1-2-10(16)8-17-15-18-9-12(14(21)22)13(20-15)19-11-6-4-3-5-7-11/h9-11H,2-8H2,1H3,(H,21,22)(H2,17,18,19,20). The lowest BCUT2D eigenvalue weighted by Crippen LogP contribution is -2.25. The number of carbonyl (C=O) groups is 1. The summed E-state index contributed by atoms with van der Waals surface area (Å²) in [6.07, 6.45) is 6.21. The van der Waals surface area contributed by atoms with Crippen molar-refractivity contribution in [1.29, 1.82) is 0 Å². The number of carboxylic acid groups (broad SMARTS) is 1. The van der Waals surface area contributed by atoms with Crippen molar-refractivity contribution in [1.82, 2.24) is 9.97 Å². The van der Waals surface area contributed by atoms with E-state index < -0.39 is 12.1 Å². The molecule has 1 aliphatic carbocycles. The van der Waals surface area contributed by atoms with Gasteiger partial charge in [-0.05, 0) is 19.3 Å². The molecule has 122 valence electrons. The van der Waals surface area contributed by atoms with Gasteiger partial charge in [0.2, 0.25) is 5.95 Å². The maximum absolute atomic E-state index is 13.3. The highest BCUT2D eigenvalue weighted by Crippen LogP contribution is 2.23. The third-order valence-electron chi connectivity index (χ3n) is 3.89. The second-order valence-electron chi connectivity index (χ2n) is 5.63. The van der Waals surface area contributed by atoms with Gasteiger partial charge in [0.1, 0.15) is 17.6 Å². The van der Waals surface area contributed by atoms with E-state index in [1.54, 1.807) is 6.92 Å². The van der Waals surface area contributed by atoms with Gasteiger partial charge in [-0.1, -0.05) is 26.2 Å². The molecule has 1 fully saturated rings. The Morgan fingerprint density at radius 3 is 2.82 bits per heavy atom. The van der Waals surface area contributed by atoms with Gasteiger partial charge in [0.05, 0.1) is 0 Å². The van der Waals surface area contributed by atoms with Crippen LogP contribution in [0.2, 0.25) is 0 Å². The van der Waals surface area contributed by atoms with Crippen molar-refractivity contribution in [2.24, 2.45) is 0 Å². The van der Waals surface area contributed by atoms with E-state index in [-0.39, 0.29) is 24.1 Å².